The molecule has 1 saturated heterocycles. The Morgan fingerprint density at radius 1 is 1.14 bits per heavy atom. The van der Waals surface area contributed by atoms with E-state index in [4.69, 9.17) is 33.3 Å². The molecule has 0 saturated carbocycles. The summed E-state index contributed by atoms with van der Waals surface area (Å²) in [7, 11) is 0. The number of anilines is 1. The minimum absolute atomic E-state index is 0.0768. The standard InChI is InChI=1S/C28H23ClFNO3S2/c1-3-8-20-13-19(14-24(33-4-2)26(20)34-17-18-9-6-5-7-10-18)15-25-27(32)31(28(35)36-25)21-11-12-23(30)22(29)16-21/h3,5-7,9-16H,1,4,8,17H2,2H3/b25-15+. The molecule has 0 atom stereocenters. The lowest BCUT2D eigenvalue weighted by molar-refractivity contribution is -0.113. The topological polar surface area (TPSA) is 38.8 Å². The molecule has 0 unspecified atom stereocenters. The molecule has 0 aromatic heterocycles. The van der Waals surface area contributed by atoms with Gasteiger partial charge in [-0.3, -0.25) is 9.69 Å². The van der Waals surface area contributed by atoms with Crippen LogP contribution in [-0.4, -0.2) is 16.8 Å². The fourth-order valence-electron chi connectivity index (χ4n) is 3.70. The van der Waals surface area contributed by atoms with Gasteiger partial charge in [0.25, 0.3) is 5.91 Å². The van der Waals surface area contributed by atoms with E-state index in [-0.39, 0.29) is 10.9 Å². The van der Waals surface area contributed by atoms with Crippen LogP contribution in [0.2, 0.25) is 5.02 Å². The molecule has 0 spiro atoms. The fourth-order valence-corrected chi connectivity index (χ4v) is 5.17. The third kappa shape index (κ3) is 5.81. The maximum Gasteiger partial charge on any atom is 0.270 e. The van der Waals surface area contributed by atoms with Gasteiger partial charge < -0.3 is 9.47 Å². The molecule has 0 N–H and O–H groups in total. The van der Waals surface area contributed by atoms with Crippen molar-refractivity contribution < 1.29 is 18.7 Å². The third-order valence-electron chi connectivity index (χ3n) is 5.30. The zero-order valence-corrected chi connectivity index (χ0v) is 21.9. The number of halogens is 2. The zero-order valence-electron chi connectivity index (χ0n) is 19.5. The van der Waals surface area contributed by atoms with Gasteiger partial charge in [0.1, 0.15) is 12.4 Å². The summed E-state index contributed by atoms with van der Waals surface area (Å²) in [4.78, 5) is 15.0. The van der Waals surface area contributed by atoms with E-state index < -0.39 is 5.82 Å². The molecule has 8 heteroatoms. The largest absolute Gasteiger partial charge is 0.490 e. The Hall–Kier alpha value is -3.13. The fraction of sp³-hybridized carbons (Fsp3) is 0.143. The van der Waals surface area contributed by atoms with Gasteiger partial charge in [-0.15, -0.1) is 6.58 Å². The van der Waals surface area contributed by atoms with Crippen molar-refractivity contribution in [2.45, 2.75) is 20.0 Å². The summed E-state index contributed by atoms with van der Waals surface area (Å²) in [5.41, 5.74) is 3.11. The van der Waals surface area contributed by atoms with Gasteiger partial charge in [0.05, 0.1) is 22.2 Å². The van der Waals surface area contributed by atoms with Gasteiger partial charge >= 0.3 is 0 Å². The maximum absolute atomic E-state index is 13.6. The number of benzene rings is 3. The normalized spacial score (nSPS) is 14.4. The van der Waals surface area contributed by atoms with Gasteiger partial charge in [-0.25, -0.2) is 4.39 Å². The summed E-state index contributed by atoms with van der Waals surface area (Å²) in [5, 5.41) is -0.0768. The molecule has 1 aliphatic rings. The number of allylic oxidation sites excluding steroid dienone is 1. The summed E-state index contributed by atoms with van der Waals surface area (Å²) in [6.45, 7) is 6.62. The predicted molar refractivity (Wildman–Crippen MR) is 149 cm³/mol. The first kappa shape index (κ1) is 25.9. The smallest absolute Gasteiger partial charge is 0.270 e. The van der Waals surface area contributed by atoms with E-state index in [2.05, 4.69) is 6.58 Å². The number of nitrogens with zero attached hydrogens (tertiary/aromatic N) is 1. The first-order chi connectivity index (χ1) is 17.4. The molecule has 0 bridgehead atoms. The third-order valence-corrected chi connectivity index (χ3v) is 6.89. The summed E-state index contributed by atoms with van der Waals surface area (Å²) < 4.78 is 26.1. The highest BCUT2D eigenvalue weighted by molar-refractivity contribution is 8.27. The highest BCUT2D eigenvalue weighted by Gasteiger charge is 2.33. The summed E-state index contributed by atoms with van der Waals surface area (Å²) in [6, 6.07) is 17.8. The number of amides is 1. The summed E-state index contributed by atoms with van der Waals surface area (Å²) >= 11 is 12.5. The van der Waals surface area contributed by atoms with E-state index in [1.165, 1.54) is 34.9 Å². The van der Waals surface area contributed by atoms with E-state index in [9.17, 15) is 9.18 Å². The van der Waals surface area contributed by atoms with Crippen molar-refractivity contribution in [2.24, 2.45) is 0 Å². The Bertz CT molecular complexity index is 1340. The Kier molecular flexibility index (Phi) is 8.46. The lowest BCUT2D eigenvalue weighted by atomic mass is 10.0. The molecular weight excluding hydrogens is 517 g/mol. The summed E-state index contributed by atoms with van der Waals surface area (Å²) in [5.74, 6) is 0.362. The molecule has 0 aliphatic carbocycles. The SMILES string of the molecule is C=CCc1cc(/C=C2/SC(=S)N(c3ccc(F)c(Cl)c3)C2=O)cc(OCC)c1OCc1ccccc1. The van der Waals surface area contributed by atoms with Crippen molar-refractivity contribution in [1.82, 2.24) is 0 Å². The van der Waals surface area contributed by atoms with Gasteiger partial charge in [0.15, 0.2) is 15.8 Å². The van der Waals surface area contributed by atoms with E-state index in [1.807, 2.05) is 49.4 Å². The number of carbonyl (C=O) groups is 1. The second-order valence-corrected chi connectivity index (χ2v) is 9.91. The predicted octanol–water partition coefficient (Wildman–Crippen LogP) is 7.59. The minimum Gasteiger partial charge on any atom is -0.490 e. The van der Waals surface area contributed by atoms with Crippen LogP contribution in [0.25, 0.3) is 6.08 Å². The van der Waals surface area contributed by atoms with Crippen molar-refractivity contribution >= 4 is 57.6 Å². The van der Waals surface area contributed by atoms with Gasteiger partial charge in [0, 0.05) is 5.56 Å². The maximum atomic E-state index is 13.6. The lowest BCUT2D eigenvalue weighted by Gasteiger charge is -2.17. The van der Waals surface area contributed by atoms with Gasteiger partial charge in [0.2, 0.25) is 0 Å². The molecule has 3 aromatic carbocycles. The van der Waals surface area contributed by atoms with Crippen LogP contribution in [0.3, 0.4) is 0 Å². The quantitative estimate of drug-likeness (QED) is 0.159. The molecule has 1 fully saturated rings. The van der Waals surface area contributed by atoms with Crippen molar-refractivity contribution in [2.75, 3.05) is 11.5 Å². The van der Waals surface area contributed by atoms with Crippen LogP contribution in [0.1, 0.15) is 23.6 Å². The van der Waals surface area contributed by atoms with E-state index in [1.54, 1.807) is 12.2 Å². The molecule has 1 amide bonds. The van der Waals surface area contributed by atoms with Gasteiger partial charge in [-0.05, 0) is 60.9 Å². The van der Waals surface area contributed by atoms with Crippen molar-refractivity contribution in [3.05, 3.63) is 106 Å². The number of thiocarbonyl (C=S) groups is 1. The number of ether oxygens (including phenoxy) is 2. The van der Waals surface area contributed by atoms with Crippen LogP contribution in [0.5, 0.6) is 11.5 Å². The number of hydrogen-bond donors (Lipinski definition) is 0. The van der Waals surface area contributed by atoms with Crippen molar-refractivity contribution in [1.29, 1.82) is 0 Å². The van der Waals surface area contributed by atoms with Crippen molar-refractivity contribution in [3.63, 3.8) is 0 Å². The first-order valence-corrected chi connectivity index (χ1v) is 12.8. The molecule has 4 nitrogen and oxygen atoms in total. The number of carbonyl (C=O) groups excluding carboxylic acids is 1. The van der Waals surface area contributed by atoms with E-state index >= 15 is 0 Å². The van der Waals surface area contributed by atoms with Crippen LogP contribution in [-0.2, 0) is 17.8 Å². The van der Waals surface area contributed by atoms with Crippen LogP contribution in [0.4, 0.5) is 10.1 Å². The molecule has 36 heavy (non-hydrogen) atoms. The Labute approximate surface area is 224 Å². The average Bonchev–Trinajstić information content (AvgIpc) is 3.14. The Balaban J connectivity index is 1.67. The highest BCUT2D eigenvalue weighted by Crippen LogP contribution is 2.39. The van der Waals surface area contributed by atoms with Gasteiger partial charge in [-0.2, -0.15) is 0 Å². The first-order valence-electron chi connectivity index (χ1n) is 11.2. The number of rotatable bonds is 9. The summed E-state index contributed by atoms with van der Waals surface area (Å²) in [6.07, 6.45) is 4.11. The molecular formula is C28H23ClFNO3S2. The van der Waals surface area contributed by atoms with Gasteiger partial charge in [-0.1, -0.05) is 72.0 Å². The van der Waals surface area contributed by atoms with Crippen LogP contribution < -0.4 is 14.4 Å². The molecule has 4 rings (SSSR count). The highest BCUT2D eigenvalue weighted by atomic mass is 35.5. The zero-order chi connectivity index (χ0) is 25.7. The van der Waals surface area contributed by atoms with E-state index in [0.717, 1.165) is 16.7 Å². The Morgan fingerprint density at radius 3 is 2.61 bits per heavy atom. The Morgan fingerprint density at radius 2 is 1.92 bits per heavy atom. The van der Waals surface area contributed by atoms with Crippen molar-refractivity contribution in [3.8, 4) is 11.5 Å². The molecule has 3 aromatic rings. The molecule has 1 aliphatic heterocycles. The molecule has 0 radical (unpaired) electrons. The second-order valence-electron chi connectivity index (χ2n) is 7.82. The molecule has 184 valence electrons. The lowest BCUT2D eigenvalue weighted by Crippen LogP contribution is -2.27. The minimum atomic E-state index is -0.561. The van der Waals surface area contributed by atoms with E-state index in [0.29, 0.717) is 46.0 Å². The van der Waals surface area contributed by atoms with Crippen LogP contribution >= 0.6 is 35.6 Å². The monoisotopic (exact) mass is 539 g/mol. The second kappa shape index (κ2) is 11.7. The van der Waals surface area contributed by atoms with Crippen LogP contribution in [0.15, 0.2) is 78.2 Å². The molecule has 1 heterocycles. The average molecular weight is 540 g/mol. The number of hydrogen-bond acceptors (Lipinski definition) is 5. The number of thioether (sulfide) groups is 1. The van der Waals surface area contributed by atoms with Crippen LogP contribution in [0, 0.1) is 5.82 Å².